The molecule has 2 saturated carbocycles. The van der Waals surface area contributed by atoms with E-state index >= 15 is 0 Å². The summed E-state index contributed by atoms with van der Waals surface area (Å²) < 4.78 is 61.7. The minimum Gasteiger partial charge on any atom is -0.455 e. The van der Waals surface area contributed by atoms with Gasteiger partial charge in [-0.2, -0.15) is 17.2 Å². The Hall–Kier alpha value is -1.29. The molecule has 0 aromatic rings. The van der Waals surface area contributed by atoms with E-state index in [1.807, 2.05) is 0 Å². The molecule has 5 unspecified atom stereocenters. The molecule has 0 radical (unpaired) electrons. The van der Waals surface area contributed by atoms with Crippen LogP contribution in [0, 0.1) is 17.8 Å². The number of fused-ring (bicyclic) bond motifs is 1. The summed E-state index contributed by atoms with van der Waals surface area (Å²) in [6.45, 7) is 5.40. The maximum atomic E-state index is 13.5. The van der Waals surface area contributed by atoms with Crippen molar-refractivity contribution in [3.8, 4) is 0 Å². The molecule has 7 nitrogen and oxygen atoms in total. The Morgan fingerprint density at radius 2 is 1.88 bits per heavy atom. The van der Waals surface area contributed by atoms with Crippen molar-refractivity contribution in [1.29, 1.82) is 0 Å². The molecule has 2 bridgehead atoms. The third kappa shape index (κ3) is 2.26. The normalized spacial score (nSPS) is 35.7. The molecule has 1 aliphatic heterocycles. The number of esters is 1. The van der Waals surface area contributed by atoms with Gasteiger partial charge in [-0.3, -0.25) is 9.35 Å². The second-order valence-corrected chi connectivity index (χ2v) is 9.20. The van der Waals surface area contributed by atoms with Gasteiger partial charge in [0.05, 0.1) is 6.04 Å². The SMILES string of the molecule is CC(C)(C)N1C(=O)C2CC3CC2C1C3OC(=O)C(F)(F)S(=O)(=O)O. The number of hydrogen-bond donors (Lipinski definition) is 1. The lowest BCUT2D eigenvalue weighted by atomic mass is 9.87. The van der Waals surface area contributed by atoms with Crippen molar-refractivity contribution in [2.75, 3.05) is 0 Å². The third-order valence-corrected chi connectivity index (χ3v) is 6.08. The van der Waals surface area contributed by atoms with E-state index in [-0.39, 0.29) is 23.7 Å². The van der Waals surface area contributed by atoms with Crippen LogP contribution >= 0.6 is 0 Å². The van der Waals surface area contributed by atoms with Crippen LogP contribution in [0.2, 0.25) is 0 Å². The monoisotopic (exact) mass is 367 g/mol. The summed E-state index contributed by atoms with van der Waals surface area (Å²) >= 11 is 0. The van der Waals surface area contributed by atoms with E-state index in [4.69, 9.17) is 9.29 Å². The molecule has 1 heterocycles. The van der Waals surface area contributed by atoms with E-state index in [0.717, 1.165) is 0 Å². The molecule has 3 aliphatic rings. The first-order valence-corrected chi connectivity index (χ1v) is 9.10. The summed E-state index contributed by atoms with van der Waals surface area (Å²) in [4.78, 5) is 25.8. The molecule has 136 valence electrons. The zero-order valence-corrected chi connectivity index (χ0v) is 14.2. The number of nitrogens with zero attached hydrogens (tertiary/aromatic N) is 1. The van der Waals surface area contributed by atoms with E-state index in [1.165, 1.54) is 0 Å². The predicted octanol–water partition coefficient (Wildman–Crippen LogP) is 1.04. The quantitative estimate of drug-likeness (QED) is 0.591. The van der Waals surface area contributed by atoms with Gasteiger partial charge in [0.25, 0.3) is 0 Å². The van der Waals surface area contributed by atoms with Gasteiger partial charge in [-0.25, -0.2) is 4.79 Å². The van der Waals surface area contributed by atoms with Gasteiger partial charge in [-0.15, -0.1) is 0 Å². The number of ether oxygens (including phenoxy) is 1. The van der Waals surface area contributed by atoms with Crippen LogP contribution in [0.1, 0.15) is 33.6 Å². The first-order valence-electron chi connectivity index (χ1n) is 7.66. The number of amides is 1. The van der Waals surface area contributed by atoms with Gasteiger partial charge in [0.2, 0.25) is 5.91 Å². The molecule has 3 rings (SSSR count). The molecule has 1 N–H and O–H groups in total. The topological polar surface area (TPSA) is 101 Å². The van der Waals surface area contributed by atoms with Crippen molar-refractivity contribution in [3.05, 3.63) is 0 Å². The molecular weight excluding hydrogens is 348 g/mol. The molecule has 0 aromatic carbocycles. The van der Waals surface area contributed by atoms with E-state index < -0.39 is 39.0 Å². The maximum absolute atomic E-state index is 13.5. The van der Waals surface area contributed by atoms with Crippen molar-refractivity contribution >= 4 is 22.0 Å². The molecule has 1 saturated heterocycles. The first kappa shape index (κ1) is 17.5. The molecule has 0 spiro atoms. The highest BCUT2D eigenvalue weighted by Crippen LogP contribution is 2.58. The van der Waals surface area contributed by atoms with Crippen LogP contribution in [0.15, 0.2) is 0 Å². The van der Waals surface area contributed by atoms with Crippen molar-refractivity contribution in [2.45, 2.75) is 56.6 Å². The standard InChI is InChI=1S/C14H19F2NO6S/c1-13(2,3)17-9-7-4-6(5-8(7)11(17)18)10(9)23-12(19)14(15,16)24(20,21)22/h6-10H,4-5H2,1-3H3,(H,20,21,22). The van der Waals surface area contributed by atoms with Crippen molar-refractivity contribution < 1.29 is 36.1 Å². The number of likely N-dealkylation sites (tertiary alicyclic amines) is 1. The zero-order chi connectivity index (χ0) is 18.2. The Labute approximate surface area is 138 Å². The second kappa shape index (κ2) is 4.87. The average Bonchev–Trinajstić information content (AvgIpc) is 2.99. The van der Waals surface area contributed by atoms with Crippen molar-refractivity contribution in [3.63, 3.8) is 0 Å². The first-order chi connectivity index (χ1) is 10.8. The Kier molecular flexibility index (Phi) is 3.56. The summed E-state index contributed by atoms with van der Waals surface area (Å²) in [5, 5.41) is -5.02. The number of halogens is 2. The Morgan fingerprint density at radius 1 is 1.29 bits per heavy atom. The smallest absolute Gasteiger partial charge is 0.455 e. The highest BCUT2D eigenvalue weighted by Gasteiger charge is 2.67. The molecule has 24 heavy (non-hydrogen) atoms. The Bertz CT molecular complexity index is 701. The summed E-state index contributed by atoms with van der Waals surface area (Å²) in [7, 11) is -5.91. The lowest BCUT2D eigenvalue weighted by Crippen LogP contribution is -2.53. The van der Waals surface area contributed by atoms with Gasteiger partial charge in [-0.05, 0) is 45.4 Å². The Morgan fingerprint density at radius 3 is 2.38 bits per heavy atom. The molecule has 1 amide bonds. The van der Waals surface area contributed by atoms with Crippen LogP contribution in [-0.4, -0.2) is 52.7 Å². The van der Waals surface area contributed by atoms with E-state index in [0.29, 0.717) is 12.8 Å². The summed E-state index contributed by atoms with van der Waals surface area (Å²) in [6, 6.07) is -0.539. The number of alkyl halides is 2. The largest absolute Gasteiger partial charge is 0.465 e. The molecule has 10 heteroatoms. The van der Waals surface area contributed by atoms with Crippen LogP contribution in [0.3, 0.4) is 0 Å². The van der Waals surface area contributed by atoms with E-state index in [2.05, 4.69) is 0 Å². The van der Waals surface area contributed by atoms with Gasteiger partial charge in [0, 0.05) is 11.5 Å². The second-order valence-electron chi connectivity index (χ2n) is 7.73. The fourth-order valence-corrected chi connectivity index (χ4v) is 4.73. The number of carbonyl (C=O) groups excluding carboxylic acids is 2. The lowest BCUT2D eigenvalue weighted by molar-refractivity contribution is -0.173. The van der Waals surface area contributed by atoms with Crippen LogP contribution in [0.4, 0.5) is 8.78 Å². The summed E-state index contributed by atoms with van der Waals surface area (Å²) in [6.07, 6.45) is 0.0161. The van der Waals surface area contributed by atoms with Crippen LogP contribution in [-0.2, 0) is 24.4 Å². The van der Waals surface area contributed by atoms with Gasteiger partial charge >= 0.3 is 21.3 Å². The summed E-state index contributed by atoms with van der Waals surface area (Å²) in [5.41, 5.74) is -0.579. The van der Waals surface area contributed by atoms with Crippen molar-refractivity contribution in [1.82, 2.24) is 4.90 Å². The zero-order valence-electron chi connectivity index (χ0n) is 13.4. The maximum Gasteiger partial charge on any atom is 0.465 e. The van der Waals surface area contributed by atoms with Crippen LogP contribution in [0.25, 0.3) is 0 Å². The number of hydrogen-bond acceptors (Lipinski definition) is 5. The highest BCUT2D eigenvalue weighted by atomic mass is 32.2. The van der Waals surface area contributed by atoms with E-state index in [1.54, 1.807) is 25.7 Å². The fraction of sp³-hybridized carbons (Fsp3) is 0.857. The molecule has 0 aromatic heterocycles. The average molecular weight is 367 g/mol. The fourth-order valence-electron chi connectivity index (χ4n) is 4.47. The van der Waals surface area contributed by atoms with Crippen molar-refractivity contribution in [2.24, 2.45) is 17.8 Å². The minimum absolute atomic E-state index is 0.0833. The number of carbonyl (C=O) groups is 2. The van der Waals surface area contributed by atoms with E-state index in [9.17, 15) is 26.8 Å². The van der Waals surface area contributed by atoms with Crippen LogP contribution in [0.5, 0.6) is 0 Å². The predicted molar refractivity (Wildman–Crippen MR) is 76.5 cm³/mol. The molecule has 3 fully saturated rings. The molecular formula is C14H19F2NO6S. The highest BCUT2D eigenvalue weighted by molar-refractivity contribution is 7.87. The Balaban J connectivity index is 1.88. The minimum atomic E-state index is -5.91. The van der Waals surface area contributed by atoms with Crippen LogP contribution < -0.4 is 0 Å². The van der Waals surface area contributed by atoms with Gasteiger partial charge in [0.15, 0.2) is 0 Å². The molecule has 5 atom stereocenters. The van der Waals surface area contributed by atoms with Gasteiger partial charge < -0.3 is 9.64 Å². The summed E-state index contributed by atoms with van der Waals surface area (Å²) in [5.74, 6) is -2.93. The molecule has 2 aliphatic carbocycles. The lowest BCUT2D eigenvalue weighted by Gasteiger charge is -2.39. The number of rotatable bonds is 3. The van der Waals surface area contributed by atoms with Gasteiger partial charge in [0.1, 0.15) is 6.10 Å². The third-order valence-electron chi connectivity index (χ3n) is 5.27. The van der Waals surface area contributed by atoms with Gasteiger partial charge in [-0.1, -0.05) is 0 Å².